The molecule has 0 unspecified atom stereocenters. The van der Waals surface area contributed by atoms with Crippen LogP contribution in [0.1, 0.15) is 42.3 Å². The topological polar surface area (TPSA) is 78.4 Å². The average Bonchev–Trinajstić information content (AvgIpc) is 3.12. The summed E-state index contributed by atoms with van der Waals surface area (Å²) in [6, 6.07) is 13.0. The van der Waals surface area contributed by atoms with Gasteiger partial charge in [0.25, 0.3) is 0 Å². The average molecular weight is 390 g/mol. The van der Waals surface area contributed by atoms with Crippen LogP contribution in [-0.2, 0) is 6.61 Å². The minimum atomic E-state index is -0.379. The molecule has 4 aromatic rings. The van der Waals surface area contributed by atoms with Crippen LogP contribution in [0.15, 0.2) is 56.2 Å². The van der Waals surface area contributed by atoms with Crippen molar-refractivity contribution >= 4 is 11.0 Å². The van der Waals surface area contributed by atoms with Crippen LogP contribution in [0, 0.1) is 13.8 Å². The van der Waals surface area contributed by atoms with Gasteiger partial charge >= 0.3 is 5.63 Å². The van der Waals surface area contributed by atoms with Gasteiger partial charge < -0.3 is 13.7 Å². The highest BCUT2D eigenvalue weighted by atomic mass is 16.5. The van der Waals surface area contributed by atoms with E-state index in [1.807, 2.05) is 37.3 Å². The number of hydrogen-bond acceptors (Lipinski definition) is 6. The summed E-state index contributed by atoms with van der Waals surface area (Å²) in [5, 5.41) is 4.81. The molecule has 0 saturated carbocycles. The van der Waals surface area contributed by atoms with Crippen LogP contribution >= 0.6 is 0 Å². The molecule has 2 aromatic heterocycles. The third kappa shape index (κ3) is 3.92. The van der Waals surface area contributed by atoms with Gasteiger partial charge in [-0.25, -0.2) is 4.79 Å². The maximum absolute atomic E-state index is 12.0. The Bertz CT molecular complexity index is 1220. The van der Waals surface area contributed by atoms with E-state index < -0.39 is 0 Å². The second kappa shape index (κ2) is 7.54. The highest BCUT2D eigenvalue weighted by Crippen LogP contribution is 2.28. The van der Waals surface area contributed by atoms with Crippen molar-refractivity contribution in [2.45, 2.75) is 40.2 Å². The van der Waals surface area contributed by atoms with Crippen molar-refractivity contribution in [3.8, 4) is 17.1 Å². The van der Waals surface area contributed by atoms with Gasteiger partial charge in [0.1, 0.15) is 17.9 Å². The summed E-state index contributed by atoms with van der Waals surface area (Å²) in [6.45, 7) is 8.35. The fourth-order valence-corrected chi connectivity index (χ4v) is 3.41. The number of rotatable bonds is 5. The second-order valence-electron chi connectivity index (χ2n) is 7.40. The predicted molar refractivity (Wildman–Crippen MR) is 110 cm³/mol. The smallest absolute Gasteiger partial charge is 0.336 e. The van der Waals surface area contributed by atoms with Crippen molar-refractivity contribution in [2.24, 2.45) is 0 Å². The van der Waals surface area contributed by atoms with Crippen molar-refractivity contribution in [2.75, 3.05) is 0 Å². The lowest BCUT2D eigenvalue weighted by Gasteiger charge is -2.13. The molecule has 0 bridgehead atoms. The summed E-state index contributed by atoms with van der Waals surface area (Å²) in [4.78, 5) is 16.2. The minimum absolute atomic E-state index is 0.267. The van der Waals surface area contributed by atoms with E-state index in [0.29, 0.717) is 29.0 Å². The first-order valence-corrected chi connectivity index (χ1v) is 9.51. The first-order chi connectivity index (χ1) is 13.9. The van der Waals surface area contributed by atoms with Crippen molar-refractivity contribution in [1.82, 2.24) is 10.1 Å². The van der Waals surface area contributed by atoms with E-state index >= 15 is 0 Å². The molecule has 0 fully saturated rings. The van der Waals surface area contributed by atoms with E-state index in [4.69, 9.17) is 13.7 Å². The van der Waals surface area contributed by atoms with Crippen LogP contribution < -0.4 is 10.4 Å². The molecular formula is C23H22N2O4. The molecule has 6 nitrogen and oxygen atoms in total. The molecule has 0 saturated heterocycles. The summed E-state index contributed by atoms with van der Waals surface area (Å²) in [5.41, 5.74) is 4.19. The van der Waals surface area contributed by atoms with Gasteiger partial charge in [-0.1, -0.05) is 19.0 Å². The molecule has 2 heterocycles. The monoisotopic (exact) mass is 390 g/mol. The molecule has 29 heavy (non-hydrogen) atoms. The van der Waals surface area contributed by atoms with Gasteiger partial charge in [-0.2, -0.15) is 4.98 Å². The fourth-order valence-electron chi connectivity index (χ4n) is 3.41. The minimum Gasteiger partial charge on any atom is -0.489 e. The van der Waals surface area contributed by atoms with Gasteiger partial charge in [-0.3, -0.25) is 0 Å². The van der Waals surface area contributed by atoms with E-state index in [1.54, 1.807) is 6.92 Å². The molecule has 0 radical (unpaired) electrons. The van der Waals surface area contributed by atoms with Crippen molar-refractivity contribution < 1.29 is 13.7 Å². The quantitative estimate of drug-likeness (QED) is 0.438. The summed E-state index contributed by atoms with van der Waals surface area (Å²) in [7, 11) is 0. The largest absolute Gasteiger partial charge is 0.489 e. The second-order valence-corrected chi connectivity index (χ2v) is 7.40. The Labute approximate surface area is 168 Å². The number of nitrogens with zero attached hydrogens (tertiary/aromatic N) is 2. The zero-order valence-electron chi connectivity index (χ0n) is 16.9. The zero-order valence-corrected chi connectivity index (χ0v) is 16.9. The lowest BCUT2D eigenvalue weighted by molar-refractivity contribution is 0.306. The van der Waals surface area contributed by atoms with Crippen molar-refractivity contribution in [3.63, 3.8) is 0 Å². The molecule has 4 rings (SSSR count). The Kier molecular flexibility index (Phi) is 4.92. The normalized spacial score (nSPS) is 11.3. The zero-order chi connectivity index (χ0) is 20.5. The molecule has 0 N–H and O–H groups in total. The Morgan fingerprint density at radius 1 is 1.07 bits per heavy atom. The van der Waals surface area contributed by atoms with Gasteiger partial charge in [-0.15, -0.1) is 0 Å². The van der Waals surface area contributed by atoms with Gasteiger partial charge in [0.05, 0.1) is 0 Å². The maximum Gasteiger partial charge on any atom is 0.336 e. The Morgan fingerprint density at radius 2 is 1.83 bits per heavy atom. The number of ether oxygens (including phenoxy) is 1. The van der Waals surface area contributed by atoms with E-state index in [-0.39, 0.29) is 12.2 Å². The third-order valence-electron chi connectivity index (χ3n) is 4.87. The molecule has 0 amide bonds. The predicted octanol–water partition coefficient (Wildman–Crippen LogP) is 5.16. The molecule has 148 valence electrons. The lowest BCUT2D eigenvalue weighted by Crippen LogP contribution is -2.05. The summed E-state index contributed by atoms with van der Waals surface area (Å²) in [5.74, 6) is 2.12. The summed E-state index contributed by atoms with van der Waals surface area (Å²) >= 11 is 0. The Balaban J connectivity index is 1.60. The van der Waals surface area contributed by atoms with Crippen LogP contribution in [0.3, 0.4) is 0 Å². The fraction of sp³-hybridized carbons (Fsp3) is 0.261. The van der Waals surface area contributed by atoms with Gasteiger partial charge in [0.15, 0.2) is 0 Å². The van der Waals surface area contributed by atoms with Crippen LogP contribution in [0.2, 0.25) is 0 Å². The van der Waals surface area contributed by atoms with E-state index in [0.717, 1.165) is 22.1 Å². The number of aryl methyl sites for hydroxylation is 2. The van der Waals surface area contributed by atoms with E-state index in [9.17, 15) is 4.79 Å². The molecule has 0 aliphatic carbocycles. The Hall–Kier alpha value is -3.41. The lowest BCUT2D eigenvalue weighted by atomic mass is 9.95. The maximum atomic E-state index is 12.0. The van der Waals surface area contributed by atoms with E-state index in [1.165, 1.54) is 11.6 Å². The van der Waals surface area contributed by atoms with Crippen LogP contribution in [-0.4, -0.2) is 10.1 Å². The molecule has 2 aromatic carbocycles. The van der Waals surface area contributed by atoms with Crippen LogP contribution in [0.4, 0.5) is 0 Å². The first-order valence-electron chi connectivity index (χ1n) is 9.51. The summed E-state index contributed by atoms with van der Waals surface area (Å²) < 4.78 is 16.4. The number of benzene rings is 2. The number of aromatic nitrogens is 2. The standard InChI is InChI=1S/C23H22N2O4/c1-13(2)19-11-20-17(10-22(26)28-21(20)9-14(19)3)12-27-18-7-5-16(6-8-18)23-24-15(4)29-25-23/h5-11,13H,12H2,1-4H3. The highest BCUT2D eigenvalue weighted by Gasteiger charge is 2.12. The Morgan fingerprint density at radius 3 is 2.48 bits per heavy atom. The van der Waals surface area contributed by atoms with Gasteiger partial charge in [0, 0.05) is 29.5 Å². The SMILES string of the molecule is Cc1nc(-c2ccc(OCc3cc(=O)oc4cc(C)c(C(C)C)cc34)cc2)no1. The molecule has 0 aliphatic rings. The van der Waals surface area contributed by atoms with Crippen LogP contribution in [0.5, 0.6) is 5.75 Å². The highest BCUT2D eigenvalue weighted by molar-refractivity contribution is 5.82. The molecule has 0 aliphatic heterocycles. The summed E-state index contributed by atoms with van der Waals surface area (Å²) in [6.07, 6.45) is 0. The first kappa shape index (κ1) is 18.9. The molecule has 0 atom stereocenters. The number of fused-ring (bicyclic) bond motifs is 1. The molecule has 6 heteroatoms. The molecular weight excluding hydrogens is 368 g/mol. The van der Waals surface area contributed by atoms with Crippen LogP contribution in [0.25, 0.3) is 22.4 Å². The van der Waals surface area contributed by atoms with Gasteiger partial charge in [-0.05, 0) is 60.4 Å². The van der Waals surface area contributed by atoms with Gasteiger partial charge in [0.2, 0.25) is 11.7 Å². The number of hydrogen-bond donors (Lipinski definition) is 0. The van der Waals surface area contributed by atoms with Crippen molar-refractivity contribution in [1.29, 1.82) is 0 Å². The third-order valence-corrected chi connectivity index (χ3v) is 4.87. The van der Waals surface area contributed by atoms with E-state index in [2.05, 4.69) is 30.1 Å². The molecule has 0 spiro atoms. The van der Waals surface area contributed by atoms with Crippen molar-refractivity contribution in [3.05, 3.63) is 75.5 Å².